The number of oxime groups is 1. The molecule has 1 aromatic rings. The summed E-state index contributed by atoms with van der Waals surface area (Å²) >= 11 is 0. The second-order valence-electron chi connectivity index (χ2n) is 3.69. The van der Waals surface area contributed by atoms with Gasteiger partial charge in [-0.3, -0.25) is 0 Å². The summed E-state index contributed by atoms with van der Waals surface area (Å²) in [6.45, 7) is 2.00. The Balaban J connectivity index is 0.000000269. The van der Waals surface area contributed by atoms with Gasteiger partial charge in [-0.05, 0) is 30.5 Å². The molecule has 0 unspecified atom stereocenters. The fourth-order valence-electron chi connectivity index (χ4n) is 1.37. The van der Waals surface area contributed by atoms with E-state index in [1.54, 1.807) is 0 Å². The van der Waals surface area contributed by atoms with Crippen molar-refractivity contribution in [2.45, 2.75) is 19.0 Å². The highest BCUT2D eigenvalue weighted by molar-refractivity contribution is 5.79. The van der Waals surface area contributed by atoms with Gasteiger partial charge in [0.1, 0.15) is 0 Å². The molecule has 0 aliphatic carbocycles. The van der Waals surface area contributed by atoms with Gasteiger partial charge >= 0.3 is 6.18 Å². The first kappa shape index (κ1) is 14.5. The van der Waals surface area contributed by atoms with Crippen LogP contribution in [0, 0.1) is 0 Å². The van der Waals surface area contributed by atoms with E-state index in [1.807, 2.05) is 0 Å². The van der Waals surface area contributed by atoms with Crippen LogP contribution >= 0.6 is 0 Å². The first-order valence-electron chi connectivity index (χ1n) is 5.46. The molecule has 1 aromatic carbocycles. The highest BCUT2D eigenvalue weighted by atomic mass is 19.4. The maximum absolute atomic E-state index is 12.1. The van der Waals surface area contributed by atoms with E-state index < -0.39 is 11.7 Å². The molecule has 1 fully saturated rings. The molecule has 0 saturated carbocycles. The van der Waals surface area contributed by atoms with Crippen LogP contribution in [0.3, 0.4) is 0 Å². The first-order chi connectivity index (χ1) is 8.54. The van der Waals surface area contributed by atoms with E-state index in [2.05, 4.69) is 5.16 Å². The summed E-state index contributed by atoms with van der Waals surface area (Å²) in [7, 11) is 0. The van der Waals surface area contributed by atoms with Gasteiger partial charge in [0.15, 0.2) is 0 Å². The molecule has 0 atom stereocenters. The molecule has 1 aliphatic rings. The maximum atomic E-state index is 12.1. The number of benzene rings is 1. The Kier molecular flexibility index (Phi) is 5.64. The normalized spacial score (nSPS) is 15.5. The van der Waals surface area contributed by atoms with Gasteiger partial charge in [-0.25, -0.2) is 0 Å². The first-order valence-corrected chi connectivity index (χ1v) is 5.46. The molecule has 18 heavy (non-hydrogen) atoms. The topological polar surface area (TPSA) is 41.8 Å². The van der Waals surface area contributed by atoms with E-state index in [4.69, 9.17) is 9.94 Å². The third-order valence-electron chi connectivity index (χ3n) is 2.25. The summed E-state index contributed by atoms with van der Waals surface area (Å²) < 4.78 is 41.2. The van der Waals surface area contributed by atoms with E-state index in [-0.39, 0.29) is 5.56 Å². The molecule has 1 N–H and O–H groups in total. The number of hydrogen-bond donors (Lipinski definition) is 1. The minimum absolute atomic E-state index is 0.206. The minimum atomic E-state index is -4.36. The van der Waals surface area contributed by atoms with Gasteiger partial charge in [0.25, 0.3) is 0 Å². The monoisotopic (exact) mass is 261 g/mol. The second kappa shape index (κ2) is 7.00. The summed E-state index contributed by atoms with van der Waals surface area (Å²) in [5, 5.41) is 10.7. The fraction of sp³-hybridized carbons (Fsp3) is 0.417. The Labute approximate surface area is 103 Å². The minimum Gasteiger partial charge on any atom is -0.411 e. The molecule has 0 bridgehead atoms. The van der Waals surface area contributed by atoms with E-state index in [1.165, 1.54) is 25.0 Å². The summed E-state index contributed by atoms with van der Waals surface area (Å²) in [6.07, 6.45) is -0.867. The molecule has 0 radical (unpaired) electrons. The third kappa shape index (κ3) is 5.18. The average Bonchev–Trinajstić information content (AvgIpc) is 2.87. The average molecular weight is 261 g/mol. The van der Waals surface area contributed by atoms with Crippen LogP contribution in [-0.2, 0) is 10.9 Å². The molecule has 0 aromatic heterocycles. The smallest absolute Gasteiger partial charge is 0.411 e. The van der Waals surface area contributed by atoms with Crippen LogP contribution in [0.4, 0.5) is 13.2 Å². The van der Waals surface area contributed by atoms with Gasteiger partial charge in [-0.2, -0.15) is 13.2 Å². The molecule has 2 rings (SSSR count). The SMILES string of the molecule is C1CCOC1.ON=Cc1cccc(C(F)(F)F)c1. The van der Waals surface area contributed by atoms with Gasteiger partial charge in [0, 0.05) is 13.2 Å². The van der Waals surface area contributed by atoms with Crippen LogP contribution in [0.5, 0.6) is 0 Å². The van der Waals surface area contributed by atoms with Crippen LogP contribution in [-0.4, -0.2) is 24.6 Å². The largest absolute Gasteiger partial charge is 0.416 e. The Hall–Kier alpha value is -1.56. The maximum Gasteiger partial charge on any atom is 0.416 e. The van der Waals surface area contributed by atoms with Crippen molar-refractivity contribution in [2.75, 3.05) is 13.2 Å². The lowest BCUT2D eigenvalue weighted by atomic mass is 10.1. The number of alkyl halides is 3. The highest BCUT2D eigenvalue weighted by Crippen LogP contribution is 2.29. The van der Waals surface area contributed by atoms with Crippen molar-refractivity contribution in [1.82, 2.24) is 0 Å². The van der Waals surface area contributed by atoms with E-state index in [9.17, 15) is 13.2 Å². The van der Waals surface area contributed by atoms with Crippen LogP contribution in [0.2, 0.25) is 0 Å². The Morgan fingerprint density at radius 1 is 1.22 bits per heavy atom. The number of rotatable bonds is 1. The van der Waals surface area contributed by atoms with Crippen molar-refractivity contribution >= 4 is 6.21 Å². The van der Waals surface area contributed by atoms with Crippen LogP contribution in [0.25, 0.3) is 0 Å². The van der Waals surface area contributed by atoms with Crippen LogP contribution < -0.4 is 0 Å². The summed E-state index contributed by atoms with van der Waals surface area (Å²) in [5.41, 5.74) is -0.553. The van der Waals surface area contributed by atoms with Crippen molar-refractivity contribution in [3.63, 3.8) is 0 Å². The van der Waals surface area contributed by atoms with Crippen molar-refractivity contribution < 1.29 is 23.1 Å². The van der Waals surface area contributed by atoms with Crippen molar-refractivity contribution in [3.8, 4) is 0 Å². The lowest BCUT2D eigenvalue weighted by molar-refractivity contribution is -0.137. The third-order valence-corrected chi connectivity index (χ3v) is 2.25. The lowest BCUT2D eigenvalue weighted by Gasteiger charge is -2.05. The predicted octanol–water partition coefficient (Wildman–Crippen LogP) is 3.31. The molecular formula is C12H14F3NO2. The standard InChI is InChI=1S/C8H6F3NO.C4H8O/c9-8(10,11)7-3-1-2-6(4-7)5-12-13;1-2-4-5-3-1/h1-5,13H;1-4H2. The van der Waals surface area contributed by atoms with E-state index in [0.717, 1.165) is 31.6 Å². The number of nitrogens with zero attached hydrogens (tertiary/aromatic N) is 1. The fourth-order valence-corrected chi connectivity index (χ4v) is 1.37. The summed E-state index contributed by atoms with van der Waals surface area (Å²) in [6, 6.07) is 4.52. The molecule has 3 nitrogen and oxygen atoms in total. The number of hydrogen-bond acceptors (Lipinski definition) is 3. The Morgan fingerprint density at radius 2 is 1.89 bits per heavy atom. The molecule has 100 valence electrons. The lowest BCUT2D eigenvalue weighted by Crippen LogP contribution is -2.04. The van der Waals surface area contributed by atoms with Crippen LogP contribution in [0.15, 0.2) is 29.4 Å². The van der Waals surface area contributed by atoms with Gasteiger partial charge in [0.05, 0.1) is 11.8 Å². The molecule has 6 heteroatoms. The van der Waals surface area contributed by atoms with Gasteiger partial charge < -0.3 is 9.94 Å². The Morgan fingerprint density at radius 3 is 2.33 bits per heavy atom. The molecule has 0 spiro atoms. The molecule has 0 amide bonds. The molecule has 1 heterocycles. The number of ether oxygens (including phenoxy) is 1. The predicted molar refractivity (Wildman–Crippen MR) is 60.9 cm³/mol. The molecule has 1 saturated heterocycles. The zero-order valence-electron chi connectivity index (χ0n) is 9.65. The van der Waals surface area contributed by atoms with Crippen molar-refractivity contribution in [2.24, 2.45) is 5.16 Å². The summed E-state index contributed by atoms with van der Waals surface area (Å²) in [4.78, 5) is 0. The quantitative estimate of drug-likeness (QED) is 0.478. The summed E-state index contributed by atoms with van der Waals surface area (Å²) in [5.74, 6) is 0. The molecule has 1 aliphatic heterocycles. The molecular weight excluding hydrogens is 247 g/mol. The number of halogens is 3. The van der Waals surface area contributed by atoms with Crippen molar-refractivity contribution in [3.05, 3.63) is 35.4 Å². The van der Waals surface area contributed by atoms with Gasteiger partial charge in [0.2, 0.25) is 0 Å². The van der Waals surface area contributed by atoms with Crippen LogP contribution in [0.1, 0.15) is 24.0 Å². The van der Waals surface area contributed by atoms with Gasteiger partial charge in [-0.1, -0.05) is 17.3 Å². The van der Waals surface area contributed by atoms with Gasteiger partial charge in [-0.15, -0.1) is 0 Å². The van der Waals surface area contributed by atoms with E-state index in [0.29, 0.717) is 0 Å². The zero-order chi connectivity index (χ0) is 13.4. The second-order valence-corrected chi connectivity index (χ2v) is 3.69. The highest BCUT2D eigenvalue weighted by Gasteiger charge is 2.30. The van der Waals surface area contributed by atoms with Crippen molar-refractivity contribution in [1.29, 1.82) is 0 Å². The zero-order valence-corrected chi connectivity index (χ0v) is 9.65. The Bertz CT molecular complexity index is 380. The van der Waals surface area contributed by atoms with E-state index >= 15 is 0 Å².